The number of rotatable bonds is 4. The van der Waals surface area contributed by atoms with E-state index in [1.54, 1.807) is 7.11 Å². The molecule has 0 bridgehead atoms. The van der Waals surface area contributed by atoms with E-state index in [4.69, 9.17) is 4.74 Å². The number of hydrogen-bond donors (Lipinski definition) is 1. The van der Waals surface area contributed by atoms with Gasteiger partial charge >= 0.3 is 6.03 Å². The molecule has 0 spiro atoms. The second-order valence-corrected chi connectivity index (χ2v) is 5.65. The van der Waals surface area contributed by atoms with Crippen LogP contribution in [0.1, 0.15) is 25.3 Å². The lowest BCUT2D eigenvalue weighted by atomic mass is 9.96. The Morgan fingerprint density at radius 1 is 1.40 bits per heavy atom. The number of nitrogens with one attached hydrogen (secondary N) is 1. The maximum atomic E-state index is 12.5. The Balaban J connectivity index is 1.80. The first-order valence-electron chi connectivity index (χ1n) is 6.81. The van der Waals surface area contributed by atoms with E-state index in [2.05, 4.69) is 5.32 Å². The summed E-state index contributed by atoms with van der Waals surface area (Å²) in [6.45, 7) is 2.11. The smallest absolute Gasteiger partial charge is 0.325 e. The summed E-state index contributed by atoms with van der Waals surface area (Å²) in [5, 5.41) is 2.85. The standard InChI is InChI=1S/C15H18N2O3/c1-15(11-6-7-11)13(18)17(14(19)16-15)9-10-4-3-5-12(8-10)20-2/h3-5,8,11H,6-7,9H2,1-2H3,(H,16,19). The second-order valence-electron chi connectivity index (χ2n) is 5.65. The molecule has 1 aromatic rings. The van der Waals surface area contributed by atoms with Crippen LogP contribution in [0.3, 0.4) is 0 Å². The lowest BCUT2D eigenvalue weighted by molar-refractivity contribution is -0.131. The van der Waals surface area contributed by atoms with E-state index in [1.165, 1.54) is 4.90 Å². The summed E-state index contributed by atoms with van der Waals surface area (Å²) >= 11 is 0. The van der Waals surface area contributed by atoms with Crippen molar-refractivity contribution in [2.45, 2.75) is 31.8 Å². The number of benzene rings is 1. The third kappa shape index (κ3) is 2.03. The zero-order valence-corrected chi connectivity index (χ0v) is 11.7. The van der Waals surface area contributed by atoms with Crippen molar-refractivity contribution in [1.29, 1.82) is 0 Å². The van der Waals surface area contributed by atoms with Gasteiger partial charge in [0.1, 0.15) is 11.3 Å². The first-order chi connectivity index (χ1) is 9.54. The highest BCUT2D eigenvalue weighted by Gasteiger charge is 2.55. The fourth-order valence-corrected chi connectivity index (χ4v) is 2.75. The fourth-order valence-electron chi connectivity index (χ4n) is 2.75. The van der Waals surface area contributed by atoms with E-state index in [-0.39, 0.29) is 24.4 Å². The average molecular weight is 274 g/mol. The second kappa shape index (κ2) is 4.51. The van der Waals surface area contributed by atoms with Crippen molar-refractivity contribution in [3.05, 3.63) is 29.8 Å². The van der Waals surface area contributed by atoms with Gasteiger partial charge in [0.05, 0.1) is 13.7 Å². The highest BCUT2D eigenvalue weighted by molar-refractivity contribution is 6.07. The molecular formula is C15H18N2O3. The number of amides is 3. The number of carbonyl (C=O) groups is 2. The summed E-state index contributed by atoms with van der Waals surface area (Å²) in [5.74, 6) is 0.890. The van der Waals surface area contributed by atoms with Gasteiger partial charge in [0.25, 0.3) is 5.91 Å². The number of carbonyl (C=O) groups excluding carboxylic acids is 2. The van der Waals surface area contributed by atoms with E-state index < -0.39 is 5.54 Å². The molecule has 1 aromatic carbocycles. The molecule has 1 aliphatic heterocycles. The lowest BCUT2D eigenvalue weighted by Crippen LogP contribution is -2.46. The molecule has 2 aliphatic rings. The van der Waals surface area contributed by atoms with Crippen molar-refractivity contribution >= 4 is 11.9 Å². The summed E-state index contributed by atoms with van der Waals surface area (Å²) in [7, 11) is 1.59. The SMILES string of the molecule is COc1cccc(CN2C(=O)NC(C)(C3CC3)C2=O)c1. The molecular weight excluding hydrogens is 256 g/mol. The van der Waals surface area contributed by atoms with Crippen molar-refractivity contribution in [2.24, 2.45) is 5.92 Å². The van der Waals surface area contributed by atoms with Crippen LogP contribution in [0, 0.1) is 5.92 Å². The van der Waals surface area contributed by atoms with Crippen LogP contribution in [-0.2, 0) is 11.3 Å². The normalized spacial score (nSPS) is 25.8. The summed E-state index contributed by atoms with van der Waals surface area (Å²) in [6.07, 6.45) is 2.02. The zero-order valence-electron chi connectivity index (χ0n) is 11.7. The molecule has 1 saturated carbocycles. The Hall–Kier alpha value is -2.04. The van der Waals surface area contributed by atoms with Gasteiger partial charge in [0.2, 0.25) is 0 Å². The molecule has 1 saturated heterocycles. The molecule has 3 amide bonds. The van der Waals surface area contributed by atoms with Gasteiger partial charge in [0.15, 0.2) is 0 Å². The minimum Gasteiger partial charge on any atom is -0.497 e. The third-order valence-corrected chi connectivity index (χ3v) is 4.17. The molecule has 1 heterocycles. The Labute approximate surface area is 117 Å². The molecule has 1 aliphatic carbocycles. The number of ether oxygens (including phenoxy) is 1. The molecule has 106 valence electrons. The highest BCUT2D eigenvalue weighted by atomic mass is 16.5. The topological polar surface area (TPSA) is 58.6 Å². The predicted octanol–water partition coefficient (Wildman–Crippen LogP) is 1.92. The summed E-state index contributed by atoms with van der Waals surface area (Å²) < 4.78 is 5.16. The monoisotopic (exact) mass is 274 g/mol. The average Bonchev–Trinajstić information content (AvgIpc) is 3.26. The predicted molar refractivity (Wildman–Crippen MR) is 73.2 cm³/mol. The lowest BCUT2D eigenvalue weighted by Gasteiger charge is -2.21. The van der Waals surface area contributed by atoms with Crippen molar-refractivity contribution < 1.29 is 14.3 Å². The van der Waals surface area contributed by atoms with E-state index in [1.807, 2.05) is 31.2 Å². The minimum absolute atomic E-state index is 0.118. The molecule has 20 heavy (non-hydrogen) atoms. The Morgan fingerprint density at radius 3 is 2.80 bits per heavy atom. The third-order valence-electron chi connectivity index (χ3n) is 4.17. The Kier molecular flexibility index (Phi) is 2.92. The van der Waals surface area contributed by atoms with Crippen molar-refractivity contribution in [2.75, 3.05) is 7.11 Å². The molecule has 0 aromatic heterocycles. The van der Waals surface area contributed by atoms with Crippen molar-refractivity contribution in [3.63, 3.8) is 0 Å². The largest absolute Gasteiger partial charge is 0.497 e. The number of imide groups is 1. The molecule has 5 heteroatoms. The molecule has 5 nitrogen and oxygen atoms in total. The van der Waals surface area contributed by atoms with Crippen LogP contribution in [0.5, 0.6) is 5.75 Å². The summed E-state index contributed by atoms with van der Waals surface area (Å²) in [5.41, 5.74) is 0.170. The van der Waals surface area contributed by atoms with E-state index >= 15 is 0 Å². The Bertz CT molecular complexity index is 568. The molecule has 3 rings (SSSR count). The van der Waals surface area contributed by atoms with Gasteiger partial charge in [-0.1, -0.05) is 12.1 Å². The summed E-state index contributed by atoms with van der Waals surface area (Å²) in [4.78, 5) is 25.8. The van der Waals surface area contributed by atoms with Gasteiger partial charge in [-0.15, -0.1) is 0 Å². The van der Waals surface area contributed by atoms with Gasteiger partial charge in [0, 0.05) is 0 Å². The van der Waals surface area contributed by atoms with E-state index in [9.17, 15) is 9.59 Å². The van der Waals surface area contributed by atoms with Crippen LogP contribution in [0.2, 0.25) is 0 Å². The first-order valence-corrected chi connectivity index (χ1v) is 6.81. The number of nitrogens with zero attached hydrogens (tertiary/aromatic N) is 1. The maximum absolute atomic E-state index is 12.5. The van der Waals surface area contributed by atoms with Crippen LogP contribution in [0.4, 0.5) is 4.79 Å². The van der Waals surface area contributed by atoms with Crippen LogP contribution in [0.25, 0.3) is 0 Å². The fraction of sp³-hybridized carbons (Fsp3) is 0.467. The zero-order chi connectivity index (χ0) is 14.3. The molecule has 2 fully saturated rings. The quantitative estimate of drug-likeness (QED) is 0.853. The maximum Gasteiger partial charge on any atom is 0.325 e. The highest BCUT2D eigenvalue weighted by Crippen LogP contribution is 2.42. The minimum atomic E-state index is -0.712. The molecule has 0 radical (unpaired) electrons. The van der Waals surface area contributed by atoms with Crippen LogP contribution >= 0.6 is 0 Å². The molecule has 1 N–H and O–H groups in total. The summed E-state index contributed by atoms with van der Waals surface area (Å²) in [6, 6.07) is 7.12. The first kappa shape index (κ1) is 13.0. The van der Waals surface area contributed by atoms with Gasteiger partial charge in [-0.05, 0) is 43.4 Å². The van der Waals surface area contributed by atoms with E-state index in [0.29, 0.717) is 0 Å². The van der Waals surface area contributed by atoms with Crippen LogP contribution in [-0.4, -0.2) is 29.5 Å². The van der Waals surface area contributed by atoms with Gasteiger partial charge in [-0.2, -0.15) is 0 Å². The van der Waals surface area contributed by atoms with Crippen molar-refractivity contribution in [1.82, 2.24) is 10.2 Å². The van der Waals surface area contributed by atoms with Gasteiger partial charge in [-0.3, -0.25) is 9.69 Å². The molecule has 1 atom stereocenters. The molecule has 1 unspecified atom stereocenters. The number of hydrogen-bond acceptors (Lipinski definition) is 3. The van der Waals surface area contributed by atoms with Crippen LogP contribution < -0.4 is 10.1 Å². The van der Waals surface area contributed by atoms with Gasteiger partial charge < -0.3 is 10.1 Å². The van der Waals surface area contributed by atoms with Gasteiger partial charge in [-0.25, -0.2) is 4.79 Å². The van der Waals surface area contributed by atoms with Crippen molar-refractivity contribution in [3.8, 4) is 5.75 Å². The Morgan fingerprint density at radius 2 is 2.15 bits per heavy atom. The van der Waals surface area contributed by atoms with Crippen LogP contribution in [0.15, 0.2) is 24.3 Å². The number of urea groups is 1. The van der Waals surface area contributed by atoms with E-state index in [0.717, 1.165) is 24.2 Å². The number of methoxy groups -OCH3 is 1.